The summed E-state index contributed by atoms with van der Waals surface area (Å²) >= 11 is 1.78. The molecule has 1 heterocycles. The molecule has 0 unspecified atom stereocenters. The van der Waals surface area contributed by atoms with E-state index in [-0.39, 0.29) is 0 Å². The highest BCUT2D eigenvalue weighted by Crippen LogP contribution is 2.27. The number of aromatic nitrogens is 2. The molecule has 0 aliphatic rings. The van der Waals surface area contributed by atoms with Gasteiger partial charge in [-0.3, -0.25) is 0 Å². The number of hydrogen-bond donors (Lipinski definition) is 1. The van der Waals surface area contributed by atoms with E-state index < -0.39 is 0 Å². The topological polar surface area (TPSA) is 42.2 Å². The molecule has 100 valence electrons. The highest BCUT2D eigenvalue weighted by atomic mass is 32.2. The van der Waals surface area contributed by atoms with Crippen molar-refractivity contribution in [3.63, 3.8) is 0 Å². The Morgan fingerprint density at radius 2 is 2.11 bits per heavy atom. The Morgan fingerprint density at radius 1 is 1.37 bits per heavy atom. The number of thioether (sulfide) groups is 1. The van der Waals surface area contributed by atoms with Gasteiger partial charge in [0.15, 0.2) is 0 Å². The molecule has 0 aliphatic heterocycles. The zero-order valence-corrected chi connectivity index (χ0v) is 12.2. The van der Waals surface area contributed by atoms with Gasteiger partial charge in [0.05, 0.1) is 6.21 Å². The van der Waals surface area contributed by atoms with Gasteiger partial charge in [0.1, 0.15) is 16.5 Å². The molecule has 0 saturated heterocycles. The van der Waals surface area contributed by atoms with E-state index in [4.69, 9.17) is 0 Å². The third-order valence-electron chi connectivity index (χ3n) is 2.70. The number of rotatable bonds is 5. The number of nitrogens with zero attached hydrogens (tertiary/aromatic N) is 3. The number of hydrogen-bond acceptors (Lipinski definition) is 4. The van der Waals surface area contributed by atoms with Gasteiger partial charge in [-0.2, -0.15) is 5.10 Å². The summed E-state index contributed by atoms with van der Waals surface area (Å²) < 4.78 is 2.13. The van der Waals surface area contributed by atoms with Crippen molar-refractivity contribution in [1.29, 1.82) is 0 Å². The summed E-state index contributed by atoms with van der Waals surface area (Å²) in [5.74, 6) is 1.97. The van der Waals surface area contributed by atoms with Crippen LogP contribution in [0.25, 0.3) is 11.4 Å². The highest BCUT2D eigenvalue weighted by Gasteiger charge is 2.14. The molecule has 2 rings (SSSR count). The SMILES string of the molecule is CCSc1c(C=NNC)nc(-c2ccccc2)n1C. The quantitative estimate of drug-likeness (QED) is 0.518. The van der Waals surface area contributed by atoms with Crippen LogP contribution in [0.15, 0.2) is 40.5 Å². The van der Waals surface area contributed by atoms with E-state index in [9.17, 15) is 0 Å². The molecule has 0 aliphatic carbocycles. The largest absolute Gasteiger partial charge is 0.322 e. The summed E-state index contributed by atoms with van der Waals surface area (Å²) in [5.41, 5.74) is 4.79. The molecule has 0 bridgehead atoms. The molecule has 4 nitrogen and oxygen atoms in total. The standard InChI is InChI=1S/C14H18N4S/c1-4-19-14-12(10-16-15-2)17-13(18(14)3)11-8-6-5-7-9-11/h5-10,15H,4H2,1-3H3. The third kappa shape index (κ3) is 2.98. The van der Waals surface area contributed by atoms with Crippen LogP contribution in [-0.2, 0) is 7.05 Å². The van der Waals surface area contributed by atoms with Crippen LogP contribution in [-0.4, -0.2) is 28.6 Å². The summed E-state index contributed by atoms with van der Waals surface area (Å²) in [4.78, 5) is 4.69. The molecule has 5 heteroatoms. The van der Waals surface area contributed by atoms with Crippen LogP contribution in [0.3, 0.4) is 0 Å². The van der Waals surface area contributed by atoms with Crippen molar-refractivity contribution < 1.29 is 0 Å². The summed E-state index contributed by atoms with van der Waals surface area (Å²) in [7, 11) is 3.83. The van der Waals surface area contributed by atoms with Gasteiger partial charge >= 0.3 is 0 Å². The zero-order valence-electron chi connectivity index (χ0n) is 11.4. The molecule has 19 heavy (non-hydrogen) atoms. The molecule has 1 aromatic heterocycles. The molecular formula is C14H18N4S. The highest BCUT2D eigenvalue weighted by molar-refractivity contribution is 7.99. The van der Waals surface area contributed by atoms with E-state index >= 15 is 0 Å². The minimum absolute atomic E-state index is 0.905. The Bertz CT molecular complexity index is 560. The Hall–Kier alpha value is -1.75. The van der Waals surface area contributed by atoms with Crippen molar-refractivity contribution in [2.45, 2.75) is 11.9 Å². The Labute approximate surface area is 117 Å². The summed E-state index contributed by atoms with van der Waals surface area (Å²) in [6.45, 7) is 2.14. The fourth-order valence-corrected chi connectivity index (χ4v) is 2.67. The first kappa shape index (κ1) is 13.7. The Balaban J connectivity index is 2.48. The second-order valence-electron chi connectivity index (χ2n) is 3.97. The maximum absolute atomic E-state index is 4.69. The third-order valence-corrected chi connectivity index (χ3v) is 3.74. The van der Waals surface area contributed by atoms with Gasteiger partial charge in [0, 0.05) is 19.7 Å². The van der Waals surface area contributed by atoms with Gasteiger partial charge in [-0.15, -0.1) is 11.8 Å². The second kappa shape index (κ2) is 6.43. The molecule has 2 aromatic rings. The molecule has 0 atom stereocenters. The first-order valence-electron chi connectivity index (χ1n) is 6.22. The van der Waals surface area contributed by atoms with Crippen molar-refractivity contribution in [3.8, 4) is 11.4 Å². The molecule has 1 aromatic carbocycles. The monoisotopic (exact) mass is 274 g/mol. The van der Waals surface area contributed by atoms with E-state index in [1.165, 1.54) is 0 Å². The molecular weight excluding hydrogens is 256 g/mol. The summed E-state index contributed by atoms with van der Waals surface area (Å²) in [5, 5.41) is 5.21. The minimum atomic E-state index is 0.905. The minimum Gasteiger partial charge on any atom is -0.322 e. The van der Waals surface area contributed by atoms with E-state index in [1.54, 1.807) is 25.0 Å². The summed E-state index contributed by atoms with van der Waals surface area (Å²) in [6.07, 6.45) is 1.77. The number of hydrazone groups is 1. The molecule has 0 saturated carbocycles. The van der Waals surface area contributed by atoms with E-state index in [1.807, 2.05) is 25.2 Å². The summed E-state index contributed by atoms with van der Waals surface area (Å²) in [6, 6.07) is 10.2. The average molecular weight is 274 g/mol. The van der Waals surface area contributed by atoms with Crippen LogP contribution in [0.5, 0.6) is 0 Å². The Morgan fingerprint density at radius 3 is 2.74 bits per heavy atom. The van der Waals surface area contributed by atoms with Crippen LogP contribution >= 0.6 is 11.8 Å². The van der Waals surface area contributed by atoms with Gasteiger partial charge in [-0.05, 0) is 5.75 Å². The zero-order chi connectivity index (χ0) is 13.7. The maximum Gasteiger partial charge on any atom is 0.141 e. The van der Waals surface area contributed by atoms with E-state index in [0.29, 0.717) is 0 Å². The number of benzene rings is 1. The molecule has 1 N–H and O–H groups in total. The van der Waals surface area contributed by atoms with E-state index in [0.717, 1.165) is 27.9 Å². The van der Waals surface area contributed by atoms with Crippen molar-refractivity contribution in [3.05, 3.63) is 36.0 Å². The fourth-order valence-electron chi connectivity index (χ4n) is 1.87. The molecule has 0 spiro atoms. The van der Waals surface area contributed by atoms with Gasteiger partial charge in [-0.25, -0.2) is 4.98 Å². The fraction of sp³-hybridized carbons (Fsp3) is 0.286. The first-order chi connectivity index (χ1) is 9.27. The lowest BCUT2D eigenvalue weighted by Gasteiger charge is -2.04. The van der Waals surface area contributed by atoms with Crippen LogP contribution in [0.1, 0.15) is 12.6 Å². The smallest absolute Gasteiger partial charge is 0.141 e. The van der Waals surface area contributed by atoms with Gasteiger partial charge < -0.3 is 9.99 Å². The van der Waals surface area contributed by atoms with Crippen molar-refractivity contribution in [1.82, 2.24) is 15.0 Å². The molecule has 0 fully saturated rings. The van der Waals surface area contributed by atoms with Crippen LogP contribution < -0.4 is 5.43 Å². The normalized spacial score (nSPS) is 11.1. The lowest BCUT2D eigenvalue weighted by Crippen LogP contribution is -1.97. The van der Waals surface area contributed by atoms with E-state index in [2.05, 4.69) is 39.1 Å². The second-order valence-corrected chi connectivity index (χ2v) is 5.22. The van der Waals surface area contributed by atoms with Crippen LogP contribution in [0.2, 0.25) is 0 Å². The predicted octanol–water partition coefficient (Wildman–Crippen LogP) is 2.75. The van der Waals surface area contributed by atoms with Crippen LogP contribution in [0.4, 0.5) is 0 Å². The maximum atomic E-state index is 4.69. The van der Waals surface area contributed by atoms with Crippen molar-refractivity contribution in [2.24, 2.45) is 12.1 Å². The van der Waals surface area contributed by atoms with Gasteiger partial charge in [0.25, 0.3) is 0 Å². The van der Waals surface area contributed by atoms with Crippen LogP contribution in [0, 0.1) is 0 Å². The Kier molecular flexibility index (Phi) is 4.63. The molecule has 0 radical (unpaired) electrons. The molecule has 0 amide bonds. The predicted molar refractivity (Wildman–Crippen MR) is 81.7 cm³/mol. The van der Waals surface area contributed by atoms with Crippen molar-refractivity contribution >= 4 is 18.0 Å². The average Bonchev–Trinajstić information content (AvgIpc) is 2.75. The van der Waals surface area contributed by atoms with Gasteiger partial charge in [0.2, 0.25) is 0 Å². The van der Waals surface area contributed by atoms with Gasteiger partial charge in [-0.1, -0.05) is 37.3 Å². The number of imidazole rings is 1. The lowest BCUT2D eigenvalue weighted by atomic mass is 10.2. The van der Waals surface area contributed by atoms with Crippen molar-refractivity contribution in [2.75, 3.05) is 12.8 Å². The number of nitrogens with one attached hydrogen (secondary N) is 1. The lowest BCUT2D eigenvalue weighted by molar-refractivity contribution is 0.832. The first-order valence-corrected chi connectivity index (χ1v) is 7.21.